The third-order valence-electron chi connectivity index (χ3n) is 4.89. The molecule has 1 saturated heterocycles. The van der Waals surface area contributed by atoms with Crippen LogP contribution in [0.15, 0.2) is 24.3 Å². The van der Waals surface area contributed by atoms with Crippen LogP contribution in [-0.2, 0) is 10.2 Å². The van der Waals surface area contributed by atoms with E-state index in [1.54, 1.807) is 6.07 Å². The van der Waals surface area contributed by atoms with Gasteiger partial charge in [-0.15, -0.1) is 0 Å². The first kappa shape index (κ1) is 14.0. The van der Waals surface area contributed by atoms with Crippen molar-refractivity contribution in [2.45, 2.75) is 50.0 Å². The lowest BCUT2D eigenvalue weighted by molar-refractivity contribution is 0.0682. The van der Waals surface area contributed by atoms with Gasteiger partial charge in [-0.25, -0.2) is 4.39 Å². The molecule has 1 saturated carbocycles. The topological polar surface area (TPSA) is 21.3 Å². The van der Waals surface area contributed by atoms with Gasteiger partial charge in [-0.2, -0.15) is 0 Å². The first-order chi connectivity index (χ1) is 9.78. The van der Waals surface area contributed by atoms with Crippen LogP contribution in [0.1, 0.15) is 44.1 Å². The van der Waals surface area contributed by atoms with Crippen molar-refractivity contribution in [3.05, 3.63) is 35.6 Å². The molecule has 0 radical (unpaired) electrons. The second-order valence-electron chi connectivity index (χ2n) is 6.29. The van der Waals surface area contributed by atoms with Gasteiger partial charge in [0.15, 0.2) is 0 Å². The summed E-state index contributed by atoms with van der Waals surface area (Å²) in [6.07, 6.45) is 7.16. The van der Waals surface area contributed by atoms with Crippen molar-refractivity contribution in [2.24, 2.45) is 0 Å². The van der Waals surface area contributed by atoms with Crippen molar-refractivity contribution in [1.82, 2.24) is 5.32 Å². The number of ether oxygens (including phenoxy) is 1. The van der Waals surface area contributed by atoms with E-state index in [0.717, 1.165) is 39.0 Å². The fourth-order valence-electron chi connectivity index (χ4n) is 3.68. The monoisotopic (exact) mass is 277 g/mol. The highest BCUT2D eigenvalue weighted by atomic mass is 19.1. The van der Waals surface area contributed by atoms with E-state index in [0.29, 0.717) is 6.04 Å². The molecular weight excluding hydrogens is 253 g/mol. The van der Waals surface area contributed by atoms with Crippen LogP contribution < -0.4 is 5.32 Å². The molecular formula is C17H24FNO. The molecule has 1 aliphatic carbocycles. The van der Waals surface area contributed by atoms with E-state index in [4.69, 9.17) is 4.74 Å². The third kappa shape index (κ3) is 3.04. The minimum absolute atomic E-state index is 0.116. The van der Waals surface area contributed by atoms with Crippen LogP contribution in [0.5, 0.6) is 0 Å². The summed E-state index contributed by atoms with van der Waals surface area (Å²) in [4.78, 5) is 0. The van der Waals surface area contributed by atoms with Gasteiger partial charge in [0.05, 0.1) is 6.61 Å². The van der Waals surface area contributed by atoms with Crippen LogP contribution in [0.25, 0.3) is 0 Å². The summed E-state index contributed by atoms with van der Waals surface area (Å²) < 4.78 is 19.1. The van der Waals surface area contributed by atoms with Gasteiger partial charge < -0.3 is 10.1 Å². The molecule has 2 fully saturated rings. The molecule has 0 bridgehead atoms. The molecule has 20 heavy (non-hydrogen) atoms. The van der Waals surface area contributed by atoms with Gasteiger partial charge in [0.1, 0.15) is 5.82 Å². The van der Waals surface area contributed by atoms with Crippen LogP contribution in [0.4, 0.5) is 4.39 Å². The van der Waals surface area contributed by atoms with Crippen LogP contribution in [0.3, 0.4) is 0 Å². The Morgan fingerprint density at radius 3 is 2.80 bits per heavy atom. The molecule has 0 aromatic heterocycles. The minimum Gasteiger partial charge on any atom is -0.380 e. The number of hydrogen-bond acceptors (Lipinski definition) is 2. The molecule has 1 aromatic carbocycles. The average Bonchev–Trinajstić information content (AvgIpc) is 2.96. The third-order valence-corrected chi connectivity index (χ3v) is 4.89. The van der Waals surface area contributed by atoms with Crippen molar-refractivity contribution < 1.29 is 9.13 Å². The quantitative estimate of drug-likeness (QED) is 0.910. The number of nitrogens with one attached hydrogen (secondary N) is 1. The fourth-order valence-corrected chi connectivity index (χ4v) is 3.68. The Bertz CT molecular complexity index is 436. The van der Waals surface area contributed by atoms with Gasteiger partial charge >= 0.3 is 0 Å². The summed E-state index contributed by atoms with van der Waals surface area (Å²) in [5.41, 5.74) is 1.29. The zero-order valence-electron chi connectivity index (χ0n) is 12.0. The minimum atomic E-state index is -0.116. The Kier molecular flexibility index (Phi) is 4.37. The summed E-state index contributed by atoms with van der Waals surface area (Å²) in [6.45, 7) is 2.66. The van der Waals surface area contributed by atoms with Crippen LogP contribution in [0, 0.1) is 5.82 Å². The highest BCUT2D eigenvalue weighted by Crippen LogP contribution is 2.41. The molecule has 1 aromatic rings. The summed E-state index contributed by atoms with van der Waals surface area (Å²) in [5, 5.41) is 3.67. The predicted octanol–water partition coefficient (Wildman–Crippen LogP) is 3.41. The van der Waals surface area contributed by atoms with E-state index in [9.17, 15) is 4.39 Å². The van der Waals surface area contributed by atoms with Crippen molar-refractivity contribution in [3.8, 4) is 0 Å². The molecule has 0 spiro atoms. The van der Waals surface area contributed by atoms with E-state index < -0.39 is 0 Å². The van der Waals surface area contributed by atoms with Crippen molar-refractivity contribution >= 4 is 0 Å². The molecule has 1 aliphatic heterocycles. The second kappa shape index (κ2) is 6.23. The Balaban J connectivity index is 1.71. The lowest BCUT2D eigenvalue weighted by Crippen LogP contribution is -2.44. The average molecular weight is 277 g/mol. The van der Waals surface area contributed by atoms with E-state index in [2.05, 4.69) is 11.4 Å². The lowest BCUT2D eigenvalue weighted by Gasteiger charge is -2.33. The van der Waals surface area contributed by atoms with Crippen molar-refractivity contribution in [1.29, 1.82) is 0 Å². The zero-order chi connectivity index (χ0) is 13.8. The summed E-state index contributed by atoms with van der Waals surface area (Å²) >= 11 is 0. The Labute approximate surface area is 120 Å². The SMILES string of the molecule is Fc1cccc(C2(CN[C@@H]3CCCOC3)CCCC2)c1. The van der Waals surface area contributed by atoms with Crippen LogP contribution >= 0.6 is 0 Å². The maximum atomic E-state index is 13.5. The highest BCUT2D eigenvalue weighted by Gasteiger charge is 2.36. The molecule has 2 nitrogen and oxygen atoms in total. The van der Waals surface area contributed by atoms with Crippen LogP contribution in [-0.4, -0.2) is 25.8 Å². The Hall–Kier alpha value is -0.930. The smallest absolute Gasteiger partial charge is 0.123 e. The molecule has 0 unspecified atom stereocenters. The summed E-state index contributed by atoms with van der Waals surface area (Å²) in [5.74, 6) is -0.116. The number of rotatable bonds is 4. The van der Waals surface area contributed by atoms with Crippen LogP contribution in [0.2, 0.25) is 0 Å². The molecule has 110 valence electrons. The standard InChI is InChI=1S/C17H24FNO/c18-15-6-3-5-14(11-15)17(8-1-2-9-17)13-19-16-7-4-10-20-12-16/h3,5-6,11,16,19H,1-2,4,7-10,12-13H2/t16-/m1/s1. The maximum absolute atomic E-state index is 13.5. The Morgan fingerprint density at radius 2 is 2.10 bits per heavy atom. The number of benzene rings is 1. The molecule has 1 atom stereocenters. The number of hydrogen-bond donors (Lipinski definition) is 1. The Morgan fingerprint density at radius 1 is 1.25 bits per heavy atom. The predicted molar refractivity (Wildman–Crippen MR) is 78.4 cm³/mol. The van der Waals surface area contributed by atoms with Gasteiger partial charge in [0.25, 0.3) is 0 Å². The van der Waals surface area contributed by atoms with Gasteiger partial charge in [-0.05, 0) is 43.4 Å². The van der Waals surface area contributed by atoms with Gasteiger partial charge in [0.2, 0.25) is 0 Å². The first-order valence-electron chi connectivity index (χ1n) is 7.86. The van der Waals surface area contributed by atoms with E-state index >= 15 is 0 Å². The molecule has 3 rings (SSSR count). The highest BCUT2D eigenvalue weighted by molar-refractivity contribution is 5.28. The summed E-state index contributed by atoms with van der Waals surface area (Å²) in [6, 6.07) is 7.66. The van der Waals surface area contributed by atoms with Gasteiger partial charge in [-0.3, -0.25) is 0 Å². The lowest BCUT2D eigenvalue weighted by atomic mass is 9.78. The van der Waals surface area contributed by atoms with Crippen molar-refractivity contribution in [2.75, 3.05) is 19.8 Å². The van der Waals surface area contributed by atoms with E-state index in [1.807, 2.05) is 6.07 Å². The summed E-state index contributed by atoms with van der Waals surface area (Å²) in [7, 11) is 0. The molecule has 3 heteroatoms. The fraction of sp³-hybridized carbons (Fsp3) is 0.647. The van der Waals surface area contributed by atoms with Gasteiger partial charge in [-0.1, -0.05) is 25.0 Å². The molecule has 1 N–H and O–H groups in total. The zero-order valence-corrected chi connectivity index (χ0v) is 12.0. The second-order valence-corrected chi connectivity index (χ2v) is 6.29. The largest absolute Gasteiger partial charge is 0.380 e. The van der Waals surface area contributed by atoms with Crippen molar-refractivity contribution in [3.63, 3.8) is 0 Å². The maximum Gasteiger partial charge on any atom is 0.123 e. The van der Waals surface area contributed by atoms with E-state index in [1.165, 1.54) is 30.9 Å². The number of halogens is 1. The first-order valence-corrected chi connectivity index (χ1v) is 7.86. The van der Waals surface area contributed by atoms with E-state index in [-0.39, 0.29) is 11.2 Å². The molecule has 2 aliphatic rings. The molecule has 1 heterocycles. The normalized spacial score (nSPS) is 25.8. The van der Waals surface area contributed by atoms with Gasteiger partial charge in [0, 0.05) is 24.6 Å². The molecule has 0 amide bonds.